The average Bonchev–Trinajstić information content (AvgIpc) is 2.53. The summed E-state index contributed by atoms with van der Waals surface area (Å²) in [5.74, 6) is -0.276. The number of aliphatic hydroxyl groups excluding tert-OH is 1. The fourth-order valence-corrected chi connectivity index (χ4v) is 2.87. The Bertz CT molecular complexity index is 583. The Morgan fingerprint density at radius 2 is 1.96 bits per heavy atom. The van der Waals surface area contributed by atoms with Gasteiger partial charge in [-0.15, -0.1) is 0 Å². The van der Waals surface area contributed by atoms with Crippen molar-refractivity contribution in [1.29, 1.82) is 0 Å². The smallest absolute Gasteiger partial charge is 0.408 e. The van der Waals surface area contributed by atoms with E-state index in [2.05, 4.69) is 5.32 Å². The predicted octanol–water partition coefficient (Wildman–Crippen LogP) is 2.45. The summed E-state index contributed by atoms with van der Waals surface area (Å²) in [6.07, 6.45) is 1.24. The Balaban J connectivity index is 2.13. The van der Waals surface area contributed by atoms with Gasteiger partial charge in [-0.05, 0) is 45.6 Å². The standard InChI is InChI=1S/C19H28N2O4/c1-19(2,3)25-18(24)20-15(13-14-9-5-4-6-10-14)17(23)21-12-8-7-11-16(21)22/h4-6,9-10,15-16,22H,7-8,11-13H2,1-3H3,(H,20,24)/t15-,16?/m0/s1. The van der Waals surface area contributed by atoms with Crippen molar-refractivity contribution < 1.29 is 19.4 Å². The van der Waals surface area contributed by atoms with Gasteiger partial charge >= 0.3 is 6.09 Å². The molecule has 1 heterocycles. The van der Waals surface area contributed by atoms with Gasteiger partial charge in [-0.25, -0.2) is 4.79 Å². The number of amides is 2. The minimum absolute atomic E-state index is 0.276. The van der Waals surface area contributed by atoms with Crippen molar-refractivity contribution in [3.05, 3.63) is 35.9 Å². The molecule has 6 heteroatoms. The number of hydrogen-bond acceptors (Lipinski definition) is 4. The van der Waals surface area contributed by atoms with E-state index in [1.54, 1.807) is 20.8 Å². The molecule has 2 N–H and O–H groups in total. The molecule has 1 saturated heterocycles. The van der Waals surface area contributed by atoms with Gasteiger partial charge in [-0.3, -0.25) is 4.79 Å². The Kier molecular flexibility index (Phi) is 6.42. The first-order valence-corrected chi connectivity index (χ1v) is 8.78. The second-order valence-electron chi connectivity index (χ2n) is 7.40. The third-order valence-corrected chi connectivity index (χ3v) is 4.03. The van der Waals surface area contributed by atoms with E-state index in [4.69, 9.17) is 4.74 Å². The summed E-state index contributed by atoms with van der Waals surface area (Å²) < 4.78 is 5.29. The summed E-state index contributed by atoms with van der Waals surface area (Å²) in [6.45, 7) is 5.82. The van der Waals surface area contributed by atoms with Crippen molar-refractivity contribution in [2.24, 2.45) is 0 Å². The SMILES string of the molecule is CC(C)(C)OC(=O)N[C@@H](Cc1ccccc1)C(=O)N1CCCCC1O. The van der Waals surface area contributed by atoms with Crippen molar-refractivity contribution in [1.82, 2.24) is 10.2 Å². The van der Waals surface area contributed by atoms with Crippen LogP contribution in [0.2, 0.25) is 0 Å². The number of hydrogen-bond donors (Lipinski definition) is 2. The lowest BCUT2D eigenvalue weighted by Crippen LogP contribution is -2.54. The maximum absolute atomic E-state index is 12.9. The maximum atomic E-state index is 12.9. The average molecular weight is 348 g/mol. The molecule has 138 valence electrons. The van der Waals surface area contributed by atoms with Gasteiger partial charge < -0.3 is 20.1 Å². The fourth-order valence-electron chi connectivity index (χ4n) is 2.87. The number of likely N-dealkylation sites (tertiary alicyclic amines) is 1. The van der Waals surface area contributed by atoms with Gasteiger partial charge in [-0.1, -0.05) is 30.3 Å². The van der Waals surface area contributed by atoms with E-state index in [9.17, 15) is 14.7 Å². The van der Waals surface area contributed by atoms with Crippen molar-refractivity contribution in [3.63, 3.8) is 0 Å². The summed E-state index contributed by atoms with van der Waals surface area (Å²) in [7, 11) is 0. The number of carbonyl (C=O) groups excluding carboxylic acids is 2. The van der Waals surface area contributed by atoms with Gasteiger partial charge in [0.05, 0.1) is 0 Å². The van der Waals surface area contributed by atoms with E-state index in [1.807, 2.05) is 30.3 Å². The predicted molar refractivity (Wildman–Crippen MR) is 94.9 cm³/mol. The zero-order chi connectivity index (χ0) is 18.4. The van der Waals surface area contributed by atoms with Gasteiger partial charge in [-0.2, -0.15) is 0 Å². The summed E-state index contributed by atoms with van der Waals surface area (Å²) in [4.78, 5) is 26.5. The number of carbonyl (C=O) groups is 2. The largest absolute Gasteiger partial charge is 0.444 e. The molecule has 0 radical (unpaired) electrons. The van der Waals surface area contributed by atoms with Crippen LogP contribution in [-0.4, -0.2) is 46.4 Å². The molecule has 1 fully saturated rings. The van der Waals surface area contributed by atoms with Crippen molar-refractivity contribution in [2.75, 3.05) is 6.54 Å². The third kappa shape index (κ3) is 6.05. The van der Waals surface area contributed by atoms with Crippen molar-refractivity contribution in [3.8, 4) is 0 Å². The summed E-state index contributed by atoms with van der Waals surface area (Å²) in [5.41, 5.74) is 0.290. The molecule has 0 saturated carbocycles. The van der Waals surface area contributed by atoms with Crippen LogP contribution in [-0.2, 0) is 16.0 Å². The Morgan fingerprint density at radius 1 is 1.28 bits per heavy atom. The molecule has 6 nitrogen and oxygen atoms in total. The van der Waals surface area contributed by atoms with Crippen LogP contribution in [0.4, 0.5) is 4.79 Å². The molecule has 0 bridgehead atoms. The number of nitrogens with zero attached hydrogens (tertiary/aromatic N) is 1. The lowest BCUT2D eigenvalue weighted by Gasteiger charge is -2.35. The van der Waals surface area contributed by atoms with E-state index in [0.717, 1.165) is 18.4 Å². The lowest BCUT2D eigenvalue weighted by molar-refractivity contribution is -0.146. The van der Waals surface area contributed by atoms with Gasteiger partial charge in [0.1, 0.15) is 17.9 Å². The van der Waals surface area contributed by atoms with Gasteiger partial charge in [0.25, 0.3) is 0 Å². The van der Waals surface area contributed by atoms with Gasteiger partial charge in [0.2, 0.25) is 5.91 Å². The minimum atomic E-state index is -0.792. The lowest BCUT2D eigenvalue weighted by atomic mass is 10.0. The van der Waals surface area contributed by atoms with Crippen molar-refractivity contribution in [2.45, 2.75) is 64.3 Å². The molecule has 0 aromatic heterocycles. The van der Waals surface area contributed by atoms with Crippen molar-refractivity contribution >= 4 is 12.0 Å². The molecule has 1 aromatic carbocycles. The first kappa shape index (κ1) is 19.2. The second-order valence-corrected chi connectivity index (χ2v) is 7.40. The fraction of sp³-hybridized carbons (Fsp3) is 0.579. The van der Waals surface area contributed by atoms with Gasteiger partial charge in [0.15, 0.2) is 0 Å². The monoisotopic (exact) mass is 348 g/mol. The number of alkyl carbamates (subject to hydrolysis) is 1. The number of benzene rings is 1. The van der Waals surface area contributed by atoms with Crippen LogP contribution in [0, 0.1) is 0 Å². The zero-order valence-corrected chi connectivity index (χ0v) is 15.2. The van der Waals surface area contributed by atoms with E-state index in [0.29, 0.717) is 19.4 Å². The molecule has 1 aromatic rings. The molecule has 2 amide bonds. The molecule has 25 heavy (non-hydrogen) atoms. The quantitative estimate of drug-likeness (QED) is 0.876. The first-order chi connectivity index (χ1) is 11.8. The Labute approximate surface area is 149 Å². The van der Waals surface area contributed by atoms with Gasteiger partial charge in [0, 0.05) is 13.0 Å². The van der Waals surface area contributed by atoms with Crippen LogP contribution in [0.25, 0.3) is 0 Å². The zero-order valence-electron chi connectivity index (χ0n) is 15.2. The maximum Gasteiger partial charge on any atom is 0.408 e. The number of rotatable bonds is 4. The molecule has 1 unspecified atom stereocenters. The molecule has 0 spiro atoms. The second kappa shape index (κ2) is 8.34. The summed E-state index contributed by atoms with van der Waals surface area (Å²) >= 11 is 0. The highest BCUT2D eigenvalue weighted by Crippen LogP contribution is 2.17. The highest BCUT2D eigenvalue weighted by atomic mass is 16.6. The normalized spacial score (nSPS) is 19.2. The highest BCUT2D eigenvalue weighted by Gasteiger charge is 2.32. The topological polar surface area (TPSA) is 78.9 Å². The number of ether oxygens (including phenoxy) is 1. The van der Waals surface area contributed by atoms with E-state index < -0.39 is 24.0 Å². The van der Waals surface area contributed by atoms with Crippen LogP contribution < -0.4 is 5.32 Å². The van der Waals surface area contributed by atoms with Crippen LogP contribution in [0.1, 0.15) is 45.6 Å². The van der Waals surface area contributed by atoms with E-state index >= 15 is 0 Å². The van der Waals surface area contributed by atoms with E-state index in [1.165, 1.54) is 4.90 Å². The first-order valence-electron chi connectivity index (χ1n) is 8.78. The number of nitrogens with one attached hydrogen (secondary N) is 1. The molecule has 1 aliphatic heterocycles. The Hall–Kier alpha value is -2.08. The van der Waals surface area contributed by atoms with Crippen LogP contribution in [0.3, 0.4) is 0 Å². The van der Waals surface area contributed by atoms with Crippen LogP contribution in [0.5, 0.6) is 0 Å². The van der Waals surface area contributed by atoms with E-state index in [-0.39, 0.29) is 5.91 Å². The molecule has 1 aliphatic rings. The molecular weight excluding hydrogens is 320 g/mol. The Morgan fingerprint density at radius 3 is 2.56 bits per heavy atom. The van der Waals surface area contributed by atoms with Crippen LogP contribution in [0.15, 0.2) is 30.3 Å². The number of aliphatic hydroxyl groups is 1. The molecule has 2 atom stereocenters. The van der Waals surface area contributed by atoms with Crippen LogP contribution >= 0.6 is 0 Å². The minimum Gasteiger partial charge on any atom is -0.444 e. The molecule has 0 aliphatic carbocycles. The summed E-state index contributed by atoms with van der Waals surface area (Å²) in [5, 5.41) is 12.8. The molecule has 2 rings (SSSR count). The highest BCUT2D eigenvalue weighted by molar-refractivity contribution is 5.86. The third-order valence-electron chi connectivity index (χ3n) is 4.03. The number of piperidine rings is 1. The summed E-state index contributed by atoms with van der Waals surface area (Å²) in [6, 6.07) is 8.72. The molecular formula is C19H28N2O4.